The molecule has 1 heterocycles. The minimum atomic E-state index is -4.44. The highest BCUT2D eigenvalue weighted by Gasteiger charge is 2.30. The van der Waals surface area contributed by atoms with Crippen LogP contribution in [0.4, 0.5) is 18.9 Å². The van der Waals surface area contributed by atoms with Gasteiger partial charge in [-0.05, 0) is 42.8 Å². The third-order valence-corrected chi connectivity index (χ3v) is 5.01. The second-order valence-corrected chi connectivity index (χ2v) is 6.88. The van der Waals surface area contributed by atoms with E-state index in [1.807, 2.05) is 0 Å². The minimum Gasteiger partial charge on any atom is -0.346 e. The summed E-state index contributed by atoms with van der Waals surface area (Å²) in [6.45, 7) is 1.61. The highest BCUT2D eigenvalue weighted by atomic mass is 32.2. The maximum absolute atomic E-state index is 12.8. The summed E-state index contributed by atoms with van der Waals surface area (Å²) in [4.78, 5) is 24.8. The van der Waals surface area contributed by atoms with E-state index >= 15 is 0 Å². The molecule has 0 bridgehead atoms. The minimum absolute atomic E-state index is 0.141. The fraction of sp³-hybridized carbons (Fsp3) is 0.222. The third kappa shape index (κ3) is 4.01. The lowest BCUT2D eigenvalue weighted by molar-refractivity contribution is -0.137. The predicted octanol–water partition coefficient (Wildman–Crippen LogP) is 4.24. The molecule has 0 saturated carbocycles. The molecule has 2 aromatic carbocycles. The Kier molecular flexibility index (Phi) is 4.95. The Morgan fingerprint density at radius 1 is 1.23 bits per heavy atom. The molecule has 2 N–H and O–H groups in total. The van der Waals surface area contributed by atoms with Crippen LogP contribution in [0.1, 0.15) is 34.5 Å². The first-order chi connectivity index (χ1) is 12.2. The van der Waals surface area contributed by atoms with Crippen molar-refractivity contribution in [3.63, 3.8) is 0 Å². The standard InChI is InChI=1S/C18H15F3N2O2S/c1-10(11-3-2-4-13(7-11)18(19,20)21)22-17(25)12-5-6-15-14(8-12)23-16(24)9-26-15/h2-8,10H,9H2,1H3,(H,22,25)(H,23,24). The Bertz CT molecular complexity index is 868. The lowest BCUT2D eigenvalue weighted by Gasteiger charge is -2.19. The van der Waals surface area contributed by atoms with Gasteiger partial charge in [0, 0.05) is 10.5 Å². The van der Waals surface area contributed by atoms with Crippen molar-refractivity contribution in [3.8, 4) is 0 Å². The molecule has 3 rings (SSSR count). The molecule has 1 aliphatic rings. The SMILES string of the molecule is CC(NC(=O)c1ccc2c(c1)NC(=O)CS2)c1cccc(C(F)(F)F)c1. The summed E-state index contributed by atoms with van der Waals surface area (Å²) >= 11 is 1.38. The van der Waals surface area contributed by atoms with E-state index in [1.165, 1.54) is 23.9 Å². The molecule has 2 aromatic rings. The monoisotopic (exact) mass is 380 g/mol. The number of nitrogens with one attached hydrogen (secondary N) is 2. The molecule has 1 unspecified atom stereocenters. The Balaban J connectivity index is 1.76. The van der Waals surface area contributed by atoms with Crippen LogP contribution >= 0.6 is 11.8 Å². The van der Waals surface area contributed by atoms with Crippen molar-refractivity contribution < 1.29 is 22.8 Å². The van der Waals surface area contributed by atoms with Gasteiger partial charge in [0.15, 0.2) is 0 Å². The average Bonchev–Trinajstić information content (AvgIpc) is 2.60. The van der Waals surface area contributed by atoms with E-state index < -0.39 is 23.7 Å². The molecule has 0 spiro atoms. The molecular formula is C18H15F3N2O2S. The van der Waals surface area contributed by atoms with E-state index in [2.05, 4.69) is 10.6 Å². The molecule has 2 amide bonds. The summed E-state index contributed by atoms with van der Waals surface area (Å²) in [5, 5.41) is 5.38. The molecule has 136 valence electrons. The summed E-state index contributed by atoms with van der Waals surface area (Å²) in [6.07, 6.45) is -4.44. The largest absolute Gasteiger partial charge is 0.416 e. The summed E-state index contributed by atoms with van der Waals surface area (Å²) in [5.74, 6) is -0.245. The average molecular weight is 380 g/mol. The van der Waals surface area contributed by atoms with Crippen molar-refractivity contribution in [1.82, 2.24) is 5.32 Å². The Morgan fingerprint density at radius 3 is 2.73 bits per heavy atom. The van der Waals surface area contributed by atoms with Gasteiger partial charge in [-0.1, -0.05) is 12.1 Å². The van der Waals surface area contributed by atoms with Crippen LogP contribution in [0.15, 0.2) is 47.4 Å². The van der Waals surface area contributed by atoms with Crippen molar-refractivity contribution in [2.24, 2.45) is 0 Å². The smallest absolute Gasteiger partial charge is 0.346 e. The van der Waals surface area contributed by atoms with E-state index in [0.29, 0.717) is 22.6 Å². The van der Waals surface area contributed by atoms with Crippen LogP contribution in [0.3, 0.4) is 0 Å². The molecule has 0 saturated heterocycles. The van der Waals surface area contributed by atoms with E-state index in [0.717, 1.165) is 17.0 Å². The van der Waals surface area contributed by atoms with Crippen LogP contribution in [0, 0.1) is 0 Å². The summed E-state index contributed by atoms with van der Waals surface area (Å²) in [6, 6.07) is 9.17. The molecule has 0 radical (unpaired) electrons. The quantitative estimate of drug-likeness (QED) is 0.837. The number of anilines is 1. The number of amides is 2. The van der Waals surface area contributed by atoms with Crippen LogP contribution in [-0.4, -0.2) is 17.6 Å². The van der Waals surface area contributed by atoms with Gasteiger partial charge in [-0.2, -0.15) is 13.2 Å². The van der Waals surface area contributed by atoms with Gasteiger partial charge in [-0.15, -0.1) is 11.8 Å². The van der Waals surface area contributed by atoms with Crippen molar-refractivity contribution >= 4 is 29.3 Å². The first-order valence-corrected chi connectivity index (χ1v) is 8.77. The first-order valence-electron chi connectivity index (χ1n) is 7.79. The van der Waals surface area contributed by atoms with Gasteiger partial charge < -0.3 is 10.6 Å². The van der Waals surface area contributed by atoms with Gasteiger partial charge in [0.1, 0.15) is 0 Å². The zero-order valence-electron chi connectivity index (χ0n) is 13.7. The third-order valence-electron chi connectivity index (χ3n) is 3.94. The Hall–Kier alpha value is -2.48. The van der Waals surface area contributed by atoms with Crippen LogP contribution in [0.2, 0.25) is 0 Å². The molecule has 26 heavy (non-hydrogen) atoms. The highest BCUT2D eigenvalue weighted by molar-refractivity contribution is 8.00. The Morgan fingerprint density at radius 2 is 2.00 bits per heavy atom. The number of rotatable bonds is 3. The lowest BCUT2D eigenvalue weighted by atomic mass is 10.0. The lowest BCUT2D eigenvalue weighted by Crippen LogP contribution is -2.27. The van der Waals surface area contributed by atoms with E-state index in [1.54, 1.807) is 25.1 Å². The van der Waals surface area contributed by atoms with Crippen molar-refractivity contribution in [3.05, 3.63) is 59.2 Å². The van der Waals surface area contributed by atoms with Gasteiger partial charge in [-0.25, -0.2) is 0 Å². The van der Waals surface area contributed by atoms with Crippen LogP contribution in [-0.2, 0) is 11.0 Å². The van der Waals surface area contributed by atoms with Crippen molar-refractivity contribution in [2.75, 3.05) is 11.1 Å². The van der Waals surface area contributed by atoms with E-state index in [-0.39, 0.29) is 5.91 Å². The maximum Gasteiger partial charge on any atom is 0.416 e. The normalized spacial score (nSPS) is 15.0. The number of carbonyl (C=O) groups is 2. The van der Waals surface area contributed by atoms with Gasteiger partial charge in [0.25, 0.3) is 5.91 Å². The van der Waals surface area contributed by atoms with Gasteiger partial charge >= 0.3 is 6.18 Å². The van der Waals surface area contributed by atoms with Gasteiger partial charge in [0.2, 0.25) is 5.91 Å². The molecule has 8 heteroatoms. The van der Waals surface area contributed by atoms with E-state index in [4.69, 9.17) is 0 Å². The number of thioether (sulfide) groups is 1. The fourth-order valence-electron chi connectivity index (χ4n) is 2.57. The fourth-order valence-corrected chi connectivity index (χ4v) is 3.36. The molecule has 0 fully saturated rings. The van der Waals surface area contributed by atoms with Gasteiger partial charge in [0.05, 0.1) is 23.0 Å². The summed E-state index contributed by atoms with van der Waals surface area (Å²) in [7, 11) is 0. The van der Waals surface area contributed by atoms with Crippen molar-refractivity contribution in [2.45, 2.75) is 24.0 Å². The molecule has 0 aliphatic carbocycles. The number of carbonyl (C=O) groups excluding carboxylic acids is 2. The second-order valence-electron chi connectivity index (χ2n) is 5.87. The number of benzene rings is 2. The number of fused-ring (bicyclic) bond motifs is 1. The Labute approximate surface area is 152 Å². The summed E-state index contributed by atoms with van der Waals surface area (Å²) in [5.41, 5.74) is 0.482. The zero-order chi connectivity index (χ0) is 18.9. The molecule has 0 aromatic heterocycles. The second kappa shape index (κ2) is 7.03. The molecule has 4 nitrogen and oxygen atoms in total. The maximum atomic E-state index is 12.8. The summed E-state index contributed by atoms with van der Waals surface area (Å²) < 4.78 is 38.5. The number of hydrogen-bond donors (Lipinski definition) is 2. The van der Waals surface area contributed by atoms with Crippen LogP contribution in [0.5, 0.6) is 0 Å². The van der Waals surface area contributed by atoms with Gasteiger partial charge in [-0.3, -0.25) is 9.59 Å². The first kappa shape index (κ1) is 18.3. The van der Waals surface area contributed by atoms with Crippen molar-refractivity contribution in [1.29, 1.82) is 0 Å². The zero-order valence-corrected chi connectivity index (χ0v) is 14.5. The topological polar surface area (TPSA) is 58.2 Å². The number of hydrogen-bond acceptors (Lipinski definition) is 3. The molecular weight excluding hydrogens is 365 g/mol. The van der Waals surface area contributed by atoms with Crippen LogP contribution < -0.4 is 10.6 Å². The van der Waals surface area contributed by atoms with Crippen LogP contribution in [0.25, 0.3) is 0 Å². The number of alkyl halides is 3. The number of halogens is 3. The molecule has 1 atom stereocenters. The predicted molar refractivity (Wildman–Crippen MR) is 93.1 cm³/mol. The van der Waals surface area contributed by atoms with E-state index in [9.17, 15) is 22.8 Å². The highest BCUT2D eigenvalue weighted by Crippen LogP contribution is 2.33. The molecule has 1 aliphatic heterocycles.